The number of amides is 1. The Kier molecular flexibility index (Phi) is 7.08. The largest absolute Gasteiger partial charge is 0.444 e. The average molecular weight is 562 g/mol. The normalized spacial score (nSPS) is 18.2. The SMILES string of the molecule is Cc1ccc(S(=O)(=O)n2cc(-c3ccncc3)c3c(N4C[C@@H](C)N(C(=O)OC(C)(C)C)C[C@@H]4C)nccc32)cc1. The van der Waals surface area contributed by atoms with E-state index in [1.54, 1.807) is 60.0 Å². The molecule has 4 aromatic rings. The lowest BCUT2D eigenvalue weighted by atomic mass is 10.0. The molecule has 1 amide bonds. The van der Waals surface area contributed by atoms with Crippen LogP contribution in [0.5, 0.6) is 0 Å². The molecule has 0 spiro atoms. The van der Waals surface area contributed by atoms with Gasteiger partial charge in [0.15, 0.2) is 0 Å². The summed E-state index contributed by atoms with van der Waals surface area (Å²) in [5.74, 6) is 0.672. The minimum atomic E-state index is -3.89. The summed E-state index contributed by atoms with van der Waals surface area (Å²) in [7, 11) is -3.89. The van der Waals surface area contributed by atoms with E-state index >= 15 is 0 Å². The Bertz CT molecular complexity index is 1640. The van der Waals surface area contributed by atoms with Crippen molar-refractivity contribution in [1.29, 1.82) is 0 Å². The maximum atomic E-state index is 13.9. The molecule has 1 fully saturated rings. The molecule has 1 aliphatic heterocycles. The average Bonchev–Trinajstić information content (AvgIpc) is 3.30. The van der Waals surface area contributed by atoms with E-state index < -0.39 is 15.6 Å². The number of aromatic nitrogens is 3. The summed E-state index contributed by atoms with van der Waals surface area (Å²) in [6.45, 7) is 12.5. The number of rotatable bonds is 4. The minimum Gasteiger partial charge on any atom is -0.444 e. The first-order valence-electron chi connectivity index (χ1n) is 13.4. The van der Waals surface area contributed by atoms with Crippen LogP contribution in [-0.2, 0) is 14.8 Å². The van der Waals surface area contributed by atoms with E-state index in [1.165, 1.54) is 3.97 Å². The van der Waals surface area contributed by atoms with Gasteiger partial charge in [-0.1, -0.05) is 17.7 Å². The van der Waals surface area contributed by atoms with Gasteiger partial charge in [-0.05, 0) is 77.4 Å². The predicted octanol–water partition coefficient (Wildman–Crippen LogP) is 5.48. The molecule has 40 heavy (non-hydrogen) atoms. The lowest BCUT2D eigenvalue weighted by molar-refractivity contribution is 0.0130. The Balaban J connectivity index is 1.63. The monoisotopic (exact) mass is 561 g/mol. The van der Waals surface area contributed by atoms with Crippen LogP contribution in [0.15, 0.2) is 72.1 Å². The molecule has 0 aliphatic carbocycles. The van der Waals surface area contributed by atoms with Crippen molar-refractivity contribution in [2.45, 2.75) is 64.1 Å². The summed E-state index contributed by atoms with van der Waals surface area (Å²) >= 11 is 0. The highest BCUT2D eigenvalue weighted by molar-refractivity contribution is 7.90. The Labute approximate surface area is 235 Å². The molecule has 1 saturated heterocycles. The van der Waals surface area contributed by atoms with Gasteiger partial charge in [0.05, 0.1) is 15.8 Å². The number of anilines is 1. The van der Waals surface area contributed by atoms with Crippen LogP contribution in [0.1, 0.15) is 40.2 Å². The van der Waals surface area contributed by atoms with Crippen molar-refractivity contribution in [1.82, 2.24) is 18.8 Å². The van der Waals surface area contributed by atoms with E-state index in [-0.39, 0.29) is 23.1 Å². The molecule has 0 unspecified atom stereocenters. The predicted molar refractivity (Wildman–Crippen MR) is 156 cm³/mol. The van der Waals surface area contributed by atoms with Crippen LogP contribution in [-0.4, -0.2) is 64.1 Å². The standard InChI is InChI=1S/C30H35N5O4S/c1-20-7-9-24(10-8-20)40(37,38)35-19-25(23-11-14-31-15-12-23)27-26(35)13-16-32-28(27)33-17-22(3)34(18-21(33)2)29(36)39-30(4,5)6/h7-16,19,21-22H,17-18H2,1-6H3/t21-,22+/m0/s1. The number of nitrogens with zero attached hydrogens (tertiary/aromatic N) is 5. The lowest BCUT2D eigenvalue weighted by Gasteiger charge is -2.44. The fraction of sp³-hybridized carbons (Fsp3) is 0.367. The van der Waals surface area contributed by atoms with E-state index in [4.69, 9.17) is 9.72 Å². The zero-order valence-corrected chi connectivity index (χ0v) is 24.5. The van der Waals surface area contributed by atoms with Gasteiger partial charge in [0.25, 0.3) is 10.0 Å². The number of ether oxygens (including phenoxy) is 1. The van der Waals surface area contributed by atoms with Gasteiger partial charge in [0.2, 0.25) is 0 Å². The molecular weight excluding hydrogens is 526 g/mol. The third-order valence-corrected chi connectivity index (χ3v) is 8.81. The Morgan fingerprint density at radius 2 is 1.62 bits per heavy atom. The van der Waals surface area contributed by atoms with Crippen LogP contribution in [0.4, 0.5) is 10.6 Å². The van der Waals surface area contributed by atoms with Crippen molar-refractivity contribution in [3.05, 3.63) is 72.8 Å². The summed E-state index contributed by atoms with van der Waals surface area (Å²) in [5.41, 5.74) is 2.50. The maximum absolute atomic E-state index is 13.9. The number of hydrogen-bond acceptors (Lipinski definition) is 7. The number of benzene rings is 1. The third kappa shape index (κ3) is 5.15. The molecule has 4 heterocycles. The molecule has 3 aromatic heterocycles. The zero-order valence-electron chi connectivity index (χ0n) is 23.7. The first kappa shape index (κ1) is 27.6. The highest BCUT2D eigenvalue weighted by Gasteiger charge is 2.36. The van der Waals surface area contributed by atoms with Crippen LogP contribution < -0.4 is 4.90 Å². The molecular formula is C30H35N5O4S. The molecule has 10 heteroatoms. The molecule has 5 rings (SSSR count). The van der Waals surface area contributed by atoms with Crippen molar-refractivity contribution in [2.24, 2.45) is 0 Å². The van der Waals surface area contributed by atoms with Crippen molar-refractivity contribution < 1.29 is 17.9 Å². The molecule has 1 aliphatic rings. The van der Waals surface area contributed by atoms with E-state index in [0.29, 0.717) is 24.4 Å². The number of pyridine rings is 2. The fourth-order valence-electron chi connectivity index (χ4n) is 5.12. The van der Waals surface area contributed by atoms with Gasteiger partial charge >= 0.3 is 6.09 Å². The Hall–Kier alpha value is -3.92. The Morgan fingerprint density at radius 3 is 2.27 bits per heavy atom. The quantitative estimate of drug-likeness (QED) is 0.326. The molecule has 0 saturated carbocycles. The molecule has 210 valence electrons. The van der Waals surface area contributed by atoms with Gasteiger partial charge in [0.1, 0.15) is 11.4 Å². The number of hydrogen-bond donors (Lipinski definition) is 0. The third-order valence-electron chi connectivity index (χ3n) is 7.12. The second kappa shape index (κ2) is 10.2. The van der Waals surface area contributed by atoms with Gasteiger partial charge in [-0.3, -0.25) is 4.98 Å². The van der Waals surface area contributed by atoms with Crippen molar-refractivity contribution in [3.8, 4) is 11.1 Å². The lowest BCUT2D eigenvalue weighted by Crippen LogP contribution is -2.59. The second-order valence-corrected chi connectivity index (χ2v) is 13.2. The zero-order chi connectivity index (χ0) is 28.8. The van der Waals surface area contributed by atoms with Gasteiger partial charge in [0, 0.05) is 55.5 Å². The second-order valence-electron chi connectivity index (χ2n) is 11.4. The summed E-state index contributed by atoms with van der Waals surface area (Å²) in [6.07, 6.45) is 6.35. The van der Waals surface area contributed by atoms with Gasteiger partial charge < -0.3 is 14.5 Å². The topological polar surface area (TPSA) is 97.6 Å². The summed E-state index contributed by atoms with van der Waals surface area (Å²) in [5, 5.41) is 0.731. The molecule has 9 nitrogen and oxygen atoms in total. The number of carbonyl (C=O) groups is 1. The highest BCUT2D eigenvalue weighted by atomic mass is 32.2. The van der Waals surface area contributed by atoms with Crippen molar-refractivity contribution in [3.63, 3.8) is 0 Å². The van der Waals surface area contributed by atoms with Gasteiger partial charge in [-0.2, -0.15) is 0 Å². The van der Waals surface area contributed by atoms with Crippen molar-refractivity contribution in [2.75, 3.05) is 18.0 Å². The first-order valence-corrected chi connectivity index (χ1v) is 14.8. The van der Waals surface area contributed by atoms with Crippen molar-refractivity contribution >= 4 is 32.8 Å². The summed E-state index contributed by atoms with van der Waals surface area (Å²) in [6, 6.07) is 12.1. The van der Waals surface area contributed by atoms with Crippen LogP contribution in [0.25, 0.3) is 22.0 Å². The highest BCUT2D eigenvalue weighted by Crippen LogP contribution is 2.39. The summed E-state index contributed by atoms with van der Waals surface area (Å²) < 4.78 is 34.8. The van der Waals surface area contributed by atoms with Gasteiger partial charge in [-0.25, -0.2) is 22.2 Å². The molecule has 1 aromatic carbocycles. The number of aryl methyl sites for hydroxylation is 1. The van der Waals surface area contributed by atoms with Crippen LogP contribution in [0.3, 0.4) is 0 Å². The van der Waals surface area contributed by atoms with Crippen LogP contribution in [0.2, 0.25) is 0 Å². The number of piperazine rings is 1. The van der Waals surface area contributed by atoms with E-state index in [0.717, 1.165) is 22.1 Å². The van der Waals surface area contributed by atoms with Crippen LogP contribution >= 0.6 is 0 Å². The number of fused-ring (bicyclic) bond motifs is 1. The fourth-order valence-corrected chi connectivity index (χ4v) is 6.48. The molecule has 0 bridgehead atoms. The van der Waals surface area contributed by atoms with Gasteiger partial charge in [-0.15, -0.1) is 0 Å². The van der Waals surface area contributed by atoms with Crippen LogP contribution in [0, 0.1) is 6.92 Å². The van der Waals surface area contributed by atoms with E-state index in [2.05, 4.69) is 9.88 Å². The van der Waals surface area contributed by atoms with E-state index in [1.807, 2.05) is 53.7 Å². The summed E-state index contributed by atoms with van der Waals surface area (Å²) in [4.78, 5) is 26.0. The molecule has 0 N–H and O–H groups in total. The first-order chi connectivity index (χ1) is 18.9. The number of carbonyl (C=O) groups excluding carboxylic acids is 1. The van der Waals surface area contributed by atoms with E-state index in [9.17, 15) is 13.2 Å². The Morgan fingerprint density at radius 1 is 0.950 bits per heavy atom. The molecule has 2 atom stereocenters. The molecule has 0 radical (unpaired) electrons. The smallest absolute Gasteiger partial charge is 0.410 e. The minimum absolute atomic E-state index is 0.0934. The maximum Gasteiger partial charge on any atom is 0.410 e.